The van der Waals surface area contributed by atoms with Crippen LogP contribution >= 0.6 is 0 Å². The van der Waals surface area contributed by atoms with Crippen molar-refractivity contribution in [2.75, 3.05) is 13.1 Å². The molecule has 3 nitrogen and oxygen atoms in total. The summed E-state index contributed by atoms with van der Waals surface area (Å²) in [7, 11) is 0. The zero-order valence-corrected chi connectivity index (χ0v) is 10.9. The zero-order chi connectivity index (χ0) is 13.1. The Morgan fingerprint density at radius 1 is 1.21 bits per heavy atom. The topological polar surface area (TPSA) is 39.9 Å². The number of benzene rings is 1. The van der Waals surface area contributed by atoms with Crippen molar-refractivity contribution in [3.05, 3.63) is 42.1 Å². The first kappa shape index (κ1) is 12.1. The molecule has 19 heavy (non-hydrogen) atoms. The van der Waals surface area contributed by atoms with Crippen LogP contribution in [0.15, 0.2) is 36.5 Å². The molecule has 3 rings (SSSR count). The van der Waals surface area contributed by atoms with Gasteiger partial charge in [-0.25, -0.2) is 0 Å². The second-order valence-corrected chi connectivity index (χ2v) is 5.17. The molecule has 2 aromatic rings. The summed E-state index contributed by atoms with van der Waals surface area (Å²) in [6.45, 7) is 2.97. The van der Waals surface area contributed by atoms with Crippen LogP contribution in [0.1, 0.15) is 18.4 Å². The molecule has 1 aromatic heterocycles. The Labute approximate surface area is 113 Å². The summed E-state index contributed by atoms with van der Waals surface area (Å²) in [5, 5.41) is 10.1. The smallest absolute Gasteiger partial charge is 0.0746 e. The summed E-state index contributed by atoms with van der Waals surface area (Å²) in [6.07, 6.45) is 3.84. The predicted octanol–water partition coefficient (Wildman–Crippen LogP) is 2.97. The second kappa shape index (κ2) is 5.38. The zero-order valence-electron chi connectivity index (χ0n) is 10.9. The first-order valence-corrected chi connectivity index (χ1v) is 6.81. The van der Waals surface area contributed by atoms with E-state index in [9.17, 15) is 0 Å². The fraction of sp³-hybridized carbons (Fsp3) is 0.375. The molecule has 0 radical (unpaired) electrons. The van der Waals surface area contributed by atoms with Crippen LogP contribution in [0, 0.1) is 17.2 Å². The Hall–Kier alpha value is -1.92. The van der Waals surface area contributed by atoms with Gasteiger partial charge in [-0.15, -0.1) is 0 Å². The fourth-order valence-electron chi connectivity index (χ4n) is 2.76. The summed E-state index contributed by atoms with van der Waals surface area (Å²) < 4.78 is 0. The van der Waals surface area contributed by atoms with Gasteiger partial charge in [-0.3, -0.25) is 9.88 Å². The van der Waals surface area contributed by atoms with Crippen LogP contribution in [-0.2, 0) is 6.54 Å². The van der Waals surface area contributed by atoms with E-state index >= 15 is 0 Å². The fourth-order valence-corrected chi connectivity index (χ4v) is 2.76. The lowest BCUT2D eigenvalue weighted by Crippen LogP contribution is -2.32. The maximum Gasteiger partial charge on any atom is 0.0746 e. The lowest BCUT2D eigenvalue weighted by Gasteiger charge is -2.29. The Balaban J connectivity index is 1.77. The number of aromatic nitrogens is 1. The number of hydrogen-bond acceptors (Lipinski definition) is 3. The lowest BCUT2D eigenvalue weighted by atomic mass is 9.98. The van der Waals surface area contributed by atoms with Crippen molar-refractivity contribution < 1.29 is 0 Å². The molecule has 0 spiro atoms. The van der Waals surface area contributed by atoms with E-state index in [1.807, 2.05) is 12.3 Å². The van der Waals surface area contributed by atoms with Gasteiger partial charge in [-0.1, -0.05) is 24.3 Å². The SMILES string of the molecule is N#CC1CCN(Cc2cccc3cccnc23)CC1. The number of rotatable bonds is 2. The molecule has 1 fully saturated rings. The van der Waals surface area contributed by atoms with Crippen LogP contribution in [0.3, 0.4) is 0 Å². The van der Waals surface area contributed by atoms with E-state index in [1.165, 1.54) is 10.9 Å². The third-order valence-corrected chi connectivity index (χ3v) is 3.88. The van der Waals surface area contributed by atoms with Gasteiger partial charge in [0.1, 0.15) is 0 Å². The number of hydrogen-bond donors (Lipinski definition) is 0. The highest BCUT2D eigenvalue weighted by molar-refractivity contribution is 5.81. The molecule has 0 bridgehead atoms. The molecule has 1 aliphatic heterocycles. The Kier molecular flexibility index (Phi) is 3.43. The Bertz CT molecular complexity index is 601. The van der Waals surface area contributed by atoms with E-state index in [0.717, 1.165) is 38.0 Å². The van der Waals surface area contributed by atoms with Gasteiger partial charge in [-0.2, -0.15) is 5.26 Å². The predicted molar refractivity (Wildman–Crippen MR) is 75.4 cm³/mol. The lowest BCUT2D eigenvalue weighted by molar-refractivity contribution is 0.198. The molecule has 0 atom stereocenters. The van der Waals surface area contributed by atoms with Crippen LogP contribution in [0.5, 0.6) is 0 Å². The number of nitrogens with zero attached hydrogens (tertiary/aromatic N) is 3. The summed E-state index contributed by atoms with van der Waals surface area (Å²) >= 11 is 0. The highest BCUT2D eigenvalue weighted by atomic mass is 15.1. The molecule has 96 valence electrons. The number of nitriles is 1. The maximum atomic E-state index is 8.93. The van der Waals surface area contributed by atoms with Crippen molar-refractivity contribution in [2.24, 2.45) is 5.92 Å². The van der Waals surface area contributed by atoms with Crippen molar-refractivity contribution in [3.63, 3.8) is 0 Å². The number of piperidine rings is 1. The van der Waals surface area contributed by atoms with Crippen molar-refractivity contribution >= 4 is 10.9 Å². The molecular formula is C16H17N3. The van der Waals surface area contributed by atoms with Crippen molar-refractivity contribution in [3.8, 4) is 6.07 Å². The van der Waals surface area contributed by atoms with Crippen LogP contribution in [0.4, 0.5) is 0 Å². The summed E-state index contributed by atoms with van der Waals surface area (Å²) in [5.41, 5.74) is 2.39. The van der Waals surface area contributed by atoms with Gasteiger partial charge in [0, 0.05) is 24.0 Å². The molecule has 0 N–H and O–H groups in total. The minimum absolute atomic E-state index is 0.252. The van der Waals surface area contributed by atoms with Crippen LogP contribution in [-0.4, -0.2) is 23.0 Å². The molecule has 0 unspecified atom stereocenters. The van der Waals surface area contributed by atoms with Crippen LogP contribution in [0.25, 0.3) is 10.9 Å². The van der Waals surface area contributed by atoms with Crippen molar-refractivity contribution in [1.29, 1.82) is 5.26 Å². The largest absolute Gasteiger partial charge is 0.299 e. The van der Waals surface area contributed by atoms with E-state index in [1.54, 1.807) is 0 Å². The maximum absolute atomic E-state index is 8.93. The number of likely N-dealkylation sites (tertiary alicyclic amines) is 1. The molecule has 0 aliphatic carbocycles. The van der Waals surface area contributed by atoms with E-state index in [2.05, 4.69) is 40.2 Å². The van der Waals surface area contributed by atoms with Gasteiger partial charge < -0.3 is 0 Å². The number of fused-ring (bicyclic) bond motifs is 1. The molecule has 0 amide bonds. The van der Waals surface area contributed by atoms with E-state index in [0.29, 0.717) is 0 Å². The average Bonchev–Trinajstić information content (AvgIpc) is 2.48. The van der Waals surface area contributed by atoms with E-state index in [4.69, 9.17) is 5.26 Å². The van der Waals surface area contributed by atoms with Gasteiger partial charge in [0.05, 0.1) is 11.6 Å². The normalized spacial score (nSPS) is 17.4. The minimum atomic E-state index is 0.252. The molecular weight excluding hydrogens is 234 g/mol. The molecule has 2 heterocycles. The molecule has 0 saturated carbocycles. The van der Waals surface area contributed by atoms with Gasteiger partial charge >= 0.3 is 0 Å². The summed E-state index contributed by atoms with van der Waals surface area (Å²) in [4.78, 5) is 6.93. The standard InChI is InChI=1S/C16H17N3/c17-11-13-6-9-19(10-7-13)12-15-4-1-3-14-5-2-8-18-16(14)15/h1-5,8,13H,6-7,9-10,12H2. The number of pyridine rings is 1. The highest BCUT2D eigenvalue weighted by Gasteiger charge is 2.19. The summed E-state index contributed by atoms with van der Waals surface area (Å²) in [6, 6.07) is 12.8. The monoisotopic (exact) mass is 251 g/mol. The van der Waals surface area contributed by atoms with Gasteiger partial charge in [-0.05, 0) is 37.6 Å². The number of para-hydroxylation sites is 1. The van der Waals surface area contributed by atoms with Crippen molar-refractivity contribution in [1.82, 2.24) is 9.88 Å². The van der Waals surface area contributed by atoms with Gasteiger partial charge in [0.2, 0.25) is 0 Å². The van der Waals surface area contributed by atoms with E-state index < -0.39 is 0 Å². The van der Waals surface area contributed by atoms with Gasteiger partial charge in [0.15, 0.2) is 0 Å². The average molecular weight is 251 g/mol. The van der Waals surface area contributed by atoms with Gasteiger partial charge in [0.25, 0.3) is 0 Å². The quantitative estimate of drug-likeness (QED) is 0.823. The third-order valence-electron chi connectivity index (χ3n) is 3.88. The van der Waals surface area contributed by atoms with Crippen molar-refractivity contribution in [2.45, 2.75) is 19.4 Å². The second-order valence-electron chi connectivity index (χ2n) is 5.17. The molecule has 1 aliphatic rings. The molecule has 1 aromatic carbocycles. The summed E-state index contributed by atoms with van der Waals surface area (Å²) in [5.74, 6) is 0.252. The van der Waals surface area contributed by atoms with E-state index in [-0.39, 0.29) is 5.92 Å². The van der Waals surface area contributed by atoms with Crippen LogP contribution < -0.4 is 0 Å². The first-order chi connectivity index (χ1) is 9.36. The molecule has 1 saturated heterocycles. The highest BCUT2D eigenvalue weighted by Crippen LogP contribution is 2.21. The minimum Gasteiger partial charge on any atom is -0.299 e. The molecule has 3 heteroatoms. The Morgan fingerprint density at radius 2 is 2.00 bits per heavy atom. The first-order valence-electron chi connectivity index (χ1n) is 6.81. The van der Waals surface area contributed by atoms with Crippen LogP contribution in [0.2, 0.25) is 0 Å². The Morgan fingerprint density at radius 3 is 2.79 bits per heavy atom. The third kappa shape index (κ3) is 2.59.